The predicted molar refractivity (Wildman–Crippen MR) is 97.1 cm³/mol. The SMILES string of the molecule is CC(=O)c1ccc2c(c1)C1NCCC1C(c1cc3c(cc1Br)O[I-]O3)N2. The van der Waals surface area contributed by atoms with Crippen molar-refractivity contribution in [2.45, 2.75) is 25.4 Å². The fourth-order valence-corrected chi connectivity index (χ4v) is 5.90. The van der Waals surface area contributed by atoms with E-state index in [1.165, 1.54) is 11.1 Å². The van der Waals surface area contributed by atoms with Gasteiger partial charge in [-0.2, -0.15) is 0 Å². The van der Waals surface area contributed by atoms with E-state index in [0.29, 0.717) is 5.92 Å². The van der Waals surface area contributed by atoms with E-state index >= 15 is 0 Å². The molecular formula is C19H17BrIN2O3-. The number of carbonyl (C=O) groups is 1. The summed E-state index contributed by atoms with van der Waals surface area (Å²) in [7, 11) is 0. The van der Waals surface area contributed by atoms with Gasteiger partial charge in [-0.3, -0.25) is 0 Å². The summed E-state index contributed by atoms with van der Waals surface area (Å²) in [5.74, 6) is 2.19. The van der Waals surface area contributed by atoms with Gasteiger partial charge < -0.3 is 0 Å². The van der Waals surface area contributed by atoms with Crippen LogP contribution in [0.15, 0.2) is 34.8 Å². The van der Waals surface area contributed by atoms with E-state index in [2.05, 4.69) is 32.6 Å². The van der Waals surface area contributed by atoms with E-state index in [9.17, 15) is 4.79 Å². The van der Waals surface area contributed by atoms with Gasteiger partial charge in [-0.25, -0.2) is 0 Å². The van der Waals surface area contributed by atoms with Gasteiger partial charge in [0, 0.05) is 0 Å². The first kappa shape index (κ1) is 16.8. The fraction of sp³-hybridized carbons (Fsp3) is 0.316. The average Bonchev–Trinajstić information content (AvgIpc) is 3.29. The quantitative estimate of drug-likeness (QED) is 0.453. The third-order valence-electron chi connectivity index (χ3n) is 5.43. The molecule has 0 aromatic heterocycles. The van der Waals surface area contributed by atoms with Crippen molar-refractivity contribution in [3.05, 3.63) is 51.5 Å². The van der Waals surface area contributed by atoms with Crippen LogP contribution in [-0.2, 0) is 0 Å². The molecule has 3 aliphatic rings. The number of carbonyl (C=O) groups excluding carboxylic acids is 1. The van der Waals surface area contributed by atoms with Crippen LogP contribution in [0, 0.1) is 5.92 Å². The molecule has 3 atom stereocenters. The molecule has 0 bridgehead atoms. The zero-order valence-corrected chi connectivity index (χ0v) is 17.8. The van der Waals surface area contributed by atoms with Crippen LogP contribution in [0.3, 0.4) is 0 Å². The number of hydrogen-bond donors (Lipinski definition) is 2. The topological polar surface area (TPSA) is 59.6 Å². The number of ketones is 1. The standard InChI is InChI=1S/C19H17BrIN2O3/c1-9(24)10-2-3-15-13(6-10)18-11(4-5-22-18)19(23-15)12-7-16-17(8-14(12)20)26-21-25-16/h2-3,6-8,11,18-19,22-23H,4-5H2,1H3/q-1. The Morgan fingerprint density at radius 1 is 1.15 bits per heavy atom. The van der Waals surface area contributed by atoms with Gasteiger partial charge in [0.15, 0.2) is 0 Å². The molecule has 3 heterocycles. The number of benzene rings is 2. The molecule has 5 nitrogen and oxygen atoms in total. The Morgan fingerprint density at radius 3 is 2.77 bits per heavy atom. The van der Waals surface area contributed by atoms with E-state index in [-0.39, 0.29) is 17.9 Å². The minimum atomic E-state index is -0.682. The molecule has 2 aromatic carbocycles. The first-order chi connectivity index (χ1) is 12.6. The van der Waals surface area contributed by atoms with Crippen LogP contribution in [0.4, 0.5) is 5.69 Å². The molecular weight excluding hydrogens is 511 g/mol. The van der Waals surface area contributed by atoms with Gasteiger partial charge in [-0.1, -0.05) is 0 Å². The summed E-state index contributed by atoms with van der Waals surface area (Å²) >= 11 is 3.04. The zero-order chi connectivity index (χ0) is 17.8. The average molecular weight is 528 g/mol. The van der Waals surface area contributed by atoms with E-state index in [1.54, 1.807) is 6.92 Å². The molecule has 0 aliphatic carbocycles. The molecule has 1 fully saturated rings. The summed E-state index contributed by atoms with van der Waals surface area (Å²) < 4.78 is 12.3. The van der Waals surface area contributed by atoms with Crippen molar-refractivity contribution in [1.82, 2.24) is 5.32 Å². The first-order valence-corrected chi connectivity index (χ1v) is 11.1. The summed E-state index contributed by atoms with van der Waals surface area (Å²) in [5, 5.41) is 7.35. The van der Waals surface area contributed by atoms with Crippen LogP contribution in [0.2, 0.25) is 0 Å². The Balaban J connectivity index is 1.59. The summed E-state index contributed by atoms with van der Waals surface area (Å²) in [5.41, 5.74) is 4.25. The fourth-order valence-electron chi connectivity index (χ4n) is 4.17. The van der Waals surface area contributed by atoms with Crippen LogP contribution in [0.25, 0.3) is 0 Å². The van der Waals surface area contributed by atoms with Crippen LogP contribution in [0.5, 0.6) is 11.5 Å². The van der Waals surface area contributed by atoms with E-state index in [1.807, 2.05) is 24.3 Å². The molecule has 136 valence electrons. The van der Waals surface area contributed by atoms with Gasteiger partial charge >= 0.3 is 172 Å². The normalized spacial score (nSPS) is 25.7. The third-order valence-corrected chi connectivity index (χ3v) is 7.42. The second kappa shape index (κ2) is 6.38. The number of rotatable bonds is 2. The van der Waals surface area contributed by atoms with E-state index in [4.69, 9.17) is 6.13 Å². The van der Waals surface area contributed by atoms with Crippen LogP contribution in [0.1, 0.15) is 46.9 Å². The molecule has 5 rings (SSSR count). The first-order valence-electron chi connectivity index (χ1n) is 8.59. The molecule has 0 spiro atoms. The maximum absolute atomic E-state index is 11.8. The molecule has 7 heteroatoms. The van der Waals surface area contributed by atoms with E-state index < -0.39 is 22.0 Å². The molecule has 1 saturated heterocycles. The number of Topliss-reactive ketones (excluding diaryl/α,β-unsaturated/α-hetero) is 1. The Morgan fingerprint density at radius 2 is 1.96 bits per heavy atom. The van der Waals surface area contributed by atoms with Crippen LogP contribution < -0.4 is 38.8 Å². The van der Waals surface area contributed by atoms with Crippen molar-refractivity contribution >= 4 is 27.4 Å². The molecule has 2 aromatic rings. The van der Waals surface area contributed by atoms with Crippen molar-refractivity contribution in [3.63, 3.8) is 0 Å². The summed E-state index contributed by atoms with van der Waals surface area (Å²) in [6.07, 6.45) is 1.08. The van der Waals surface area contributed by atoms with Gasteiger partial charge in [-0.05, 0) is 0 Å². The minimum absolute atomic E-state index is 0.103. The van der Waals surface area contributed by atoms with E-state index in [0.717, 1.165) is 40.2 Å². The van der Waals surface area contributed by atoms with Crippen molar-refractivity contribution in [1.29, 1.82) is 0 Å². The molecule has 2 N–H and O–H groups in total. The molecule has 3 unspecified atom stereocenters. The van der Waals surface area contributed by atoms with Gasteiger partial charge in [0.25, 0.3) is 0 Å². The number of fused-ring (bicyclic) bond motifs is 4. The number of anilines is 1. The molecule has 0 amide bonds. The summed E-state index contributed by atoms with van der Waals surface area (Å²) in [4.78, 5) is 11.8. The Kier molecular flexibility index (Phi) is 4.13. The maximum atomic E-state index is 11.8. The van der Waals surface area contributed by atoms with Crippen molar-refractivity contribution in [3.8, 4) is 11.5 Å². The zero-order valence-electron chi connectivity index (χ0n) is 14.0. The Labute approximate surface area is 171 Å². The van der Waals surface area contributed by atoms with Crippen LogP contribution >= 0.6 is 15.9 Å². The summed E-state index contributed by atoms with van der Waals surface area (Å²) in [6.45, 7) is 2.59. The van der Waals surface area contributed by atoms with Gasteiger partial charge in [-0.15, -0.1) is 0 Å². The molecule has 0 saturated carbocycles. The summed E-state index contributed by atoms with van der Waals surface area (Å²) in [6, 6.07) is 10.5. The molecule has 26 heavy (non-hydrogen) atoms. The van der Waals surface area contributed by atoms with Crippen molar-refractivity contribution < 1.29 is 33.0 Å². The van der Waals surface area contributed by atoms with Gasteiger partial charge in [0.1, 0.15) is 0 Å². The number of nitrogens with one attached hydrogen (secondary N) is 2. The number of hydrogen-bond acceptors (Lipinski definition) is 5. The van der Waals surface area contributed by atoms with Crippen LogP contribution in [-0.4, -0.2) is 12.3 Å². The third kappa shape index (κ3) is 2.63. The van der Waals surface area contributed by atoms with Crippen molar-refractivity contribution in [2.75, 3.05) is 11.9 Å². The predicted octanol–water partition coefficient (Wildman–Crippen LogP) is 1.16. The molecule has 0 radical (unpaired) electrons. The Bertz CT molecular complexity index is 920. The second-order valence-electron chi connectivity index (χ2n) is 6.90. The monoisotopic (exact) mass is 527 g/mol. The van der Waals surface area contributed by atoms with Gasteiger partial charge in [0.05, 0.1) is 0 Å². The Hall–Kier alpha value is -1.32. The molecule has 3 aliphatic heterocycles. The van der Waals surface area contributed by atoms with Gasteiger partial charge in [0.2, 0.25) is 0 Å². The van der Waals surface area contributed by atoms with Crippen molar-refractivity contribution in [2.24, 2.45) is 5.92 Å². The number of halogens is 2. The second-order valence-corrected chi connectivity index (χ2v) is 9.00.